The molecule has 0 aromatic carbocycles. The SMILES string of the molecule is CCCC(F)/C(N)=C/C(=O)OCC. The number of hydrogen-bond acceptors (Lipinski definition) is 3. The molecule has 0 radical (unpaired) electrons. The molecule has 0 bridgehead atoms. The van der Waals surface area contributed by atoms with Gasteiger partial charge in [0.1, 0.15) is 6.17 Å². The summed E-state index contributed by atoms with van der Waals surface area (Å²) in [6.07, 6.45) is 0.791. The number of carbonyl (C=O) groups excluding carboxylic acids is 1. The van der Waals surface area contributed by atoms with E-state index in [1.165, 1.54) is 0 Å². The highest BCUT2D eigenvalue weighted by Gasteiger charge is 2.10. The molecule has 0 amide bonds. The van der Waals surface area contributed by atoms with E-state index in [2.05, 4.69) is 4.74 Å². The van der Waals surface area contributed by atoms with Gasteiger partial charge in [-0.1, -0.05) is 13.3 Å². The second-order valence-electron chi connectivity index (χ2n) is 2.65. The molecule has 0 aliphatic heterocycles. The second-order valence-corrected chi connectivity index (χ2v) is 2.65. The summed E-state index contributed by atoms with van der Waals surface area (Å²) in [4.78, 5) is 10.8. The smallest absolute Gasteiger partial charge is 0.332 e. The standard InChI is InChI=1S/C9H16FNO2/c1-3-5-7(10)8(11)6-9(12)13-4-2/h6-7H,3-5,11H2,1-2H3/b8-6-. The summed E-state index contributed by atoms with van der Waals surface area (Å²) in [6, 6.07) is 0. The van der Waals surface area contributed by atoms with Crippen molar-refractivity contribution in [1.82, 2.24) is 0 Å². The average Bonchev–Trinajstić information content (AvgIpc) is 2.05. The Bertz CT molecular complexity index is 192. The van der Waals surface area contributed by atoms with Gasteiger partial charge in [-0.3, -0.25) is 0 Å². The van der Waals surface area contributed by atoms with Crippen molar-refractivity contribution in [2.45, 2.75) is 32.9 Å². The number of esters is 1. The lowest BCUT2D eigenvalue weighted by molar-refractivity contribution is -0.137. The Labute approximate surface area is 77.7 Å². The molecule has 1 unspecified atom stereocenters. The van der Waals surface area contributed by atoms with Crippen LogP contribution in [-0.2, 0) is 9.53 Å². The molecule has 0 fully saturated rings. The zero-order valence-corrected chi connectivity index (χ0v) is 8.05. The predicted molar refractivity (Wildman–Crippen MR) is 48.7 cm³/mol. The maximum Gasteiger partial charge on any atom is 0.332 e. The van der Waals surface area contributed by atoms with Crippen LogP contribution in [0.2, 0.25) is 0 Å². The fraction of sp³-hybridized carbons (Fsp3) is 0.667. The van der Waals surface area contributed by atoms with Crippen molar-refractivity contribution in [2.24, 2.45) is 5.73 Å². The average molecular weight is 189 g/mol. The van der Waals surface area contributed by atoms with Gasteiger partial charge in [0.05, 0.1) is 12.3 Å². The molecule has 2 N–H and O–H groups in total. The van der Waals surface area contributed by atoms with E-state index in [9.17, 15) is 9.18 Å². The highest BCUT2D eigenvalue weighted by Crippen LogP contribution is 2.07. The van der Waals surface area contributed by atoms with Crippen molar-refractivity contribution in [1.29, 1.82) is 0 Å². The number of halogens is 1. The molecule has 0 aliphatic rings. The van der Waals surface area contributed by atoms with E-state index in [0.717, 1.165) is 6.08 Å². The first kappa shape index (κ1) is 11.9. The van der Waals surface area contributed by atoms with Gasteiger partial charge in [-0.05, 0) is 13.3 Å². The van der Waals surface area contributed by atoms with E-state index in [0.29, 0.717) is 12.8 Å². The minimum Gasteiger partial charge on any atom is -0.463 e. The van der Waals surface area contributed by atoms with Crippen LogP contribution in [0.5, 0.6) is 0 Å². The molecular weight excluding hydrogens is 173 g/mol. The number of rotatable bonds is 5. The van der Waals surface area contributed by atoms with Gasteiger partial charge in [0.25, 0.3) is 0 Å². The van der Waals surface area contributed by atoms with Crippen LogP contribution in [0.1, 0.15) is 26.7 Å². The van der Waals surface area contributed by atoms with E-state index in [4.69, 9.17) is 5.73 Å². The topological polar surface area (TPSA) is 52.3 Å². The fourth-order valence-corrected chi connectivity index (χ4v) is 0.831. The number of alkyl halides is 1. The molecule has 0 aliphatic carbocycles. The van der Waals surface area contributed by atoms with Crippen LogP contribution in [0.15, 0.2) is 11.8 Å². The van der Waals surface area contributed by atoms with E-state index >= 15 is 0 Å². The van der Waals surface area contributed by atoms with Crippen LogP contribution in [0, 0.1) is 0 Å². The maximum atomic E-state index is 13.0. The third-order valence-electron chi connectivity index (χ3n) is 1.47. The van der Waals surface area contributed by atoms with Crippen LogP contribution in [0.25, 0.3) is 0 Å². The molecule has 0 saturated heterocycles. The molecule has 4 heteroatoms. The Kier molecular flexibility index (Phi) is 5.93. The predicted octanol–water partition coefficient (Wildman–Crippen LogP) is 1.53. The van der Waals surface area contributed by atoms with Gasteiger partial charge in [-0.25, -0.2) is 9.18 Å². The van der Waals surface area contributed by atoms with Crippen LogP contribution in [0.3, 0.4) is 0 Å². The van der Waals surface area contributed by atoms with E-state index in [1.807, 2.05) is 6.92 Å². The lowest BCUT2D eigenvalue weighted by atomic mass is 10.2. The first-order chi connectivity index (χ1) is 6.11. The summed E-state index contributed by atoms with van der Waals surface area (Å²) >= 11 is 0. The number of carbonyl (C=O) groups is 1. The van der Waals surface area contributed by atoms with Gasteiger partial charge in [-0.15, -0.1) is 0 Å². The first-order valence-corrected chi connectivity index (χ1v) is 4.39. The van der Waals surface area contributed by atoms with Crippen molar-refractivity contribution in [3.8, 4) is 0 Å². The Balaban J connectivity index is 4.05. The minimum atomic E-state index is -1.24. The Morgan fingerprint density at radius 1 is 1.62 bits per heavy atom. The summed E-state index contributed by atoms with van der Waals surface area (Å²) in [5.74, 6) is -0.584. The van der Waals surface area contributed by atoms with Crippen molar-refractivity contribution < 1.29 is 13.9 Å². The Morgan fingerprint density at radius 3 is 2.69 bits per heavy atom. The number of hydrogen-bond donors (Lipinski definition) is 1. The normalized spacial score (nSPS) is 13.9. The highest BCUT2D eigenvalue weighted by atomic mass is 19.1. The molecule has 0 spiro atoms. The minimum absolute atomic E-state index is 0.0553. The third-order valence-corrected chi connectivity index (χ3v) is 1.47. The fourth-order valence-electron chi connectivity index (χ4n) is 0.831. The Morgan fingerprint density at radius 2 is 2.23 bits per heavy atom. The van der Waals surface area contributed by atoms with Crippen LogP contribution in [-0.4, -0.2) is 18.7 Å². The molecule has 76 valence electrons. The molecule has 0 heterocycles. The van der Waals surface area contributed by atoms with Gasteiger partial charge >= 0.3 is 5.97 Å². The van der Waals surface area contributed by atoms with Gasteiger partial charge < -0.3 is 10.5 Å². The number of allylic oxidation sites excluding steroid dienone is 1. The molecule has 0 saturated carbocycles. The largest absolute Gasteiger partial charge is 0.463 e. The number of nitrogens with two attached hydrogens (primary N) is 1. The van der Waals surface area contributed by atoms with Gasteiger partial charge in [0.2, 0.25) is 0 Å². The van der Waals surface area contributed by atoms with Crippen LogP contribution >= 0.6 is 0 Å². The molecule has 13 heavy (non-hydrogen) atoms. The molecule has 3 nitrogen and oxygen atoms in total. The van der Waals surface area contributed by atoms with Crippen molar-refractivity contribution in [3.63, 3.8) is 0 Å². The lowest BCUT2D eigenvalue weighted by Crippen LogP contribution is -2.15. The summed E-state index contributed by atoms with van der Waals surface area (Å²) in [5.41, 5.74) is 5.26. The van der Waals surface area contributed by atoms with E-state index in [1.54, 1.807) is 6.92 Å². The number of ether oxygens (including phenoxy) is 1. The monoisotopic (exact) mass is 189 g/mol. The van der Waals surface area contributed by atoms with E-state index in [-0.39, 0.29) is 12.3 Å². The van der Waals surface area contributed by atoms with Crippen LogP contribution in [0.4, 0.5) is 4.39 Å². The quantitative estimate of drug-likeness (QED) is 0.527. The summed E-state index contributed by atoms with van der Waals surface area (Å²) < 4.78 is 17.6. The first-order valence-electron chi connectivity index (χ1n) is 4.39. The summed E-state index contributed by atoms with van der Waals surface area (Å²) in [6.45, 7) is 3.80. The lowest BCUT2D eigenvalue weighted by Gasteiger charge is -2.06. The molecule has 0 aromatic heterocycles. The van der Waals surface area contributed by atoms with Crippen molar-refractivity contribution in [3.05, 3.63) is 11.8 Å². The second kappa shape index (κ2) is 6.46. The molecular formula is C9H16FNO2. The van der Waals surface area contributed by atoms with Gasteiger partial charge in [-0.2, -0.15) is 0 Å². The van der Waals surface area contributed by atoms with Crippen LogP contribution < -0.4 is 5.73 Å². The van der Waals surface area contributed by atoms with E-state index < -0.39 is 12.1 Å². The zero-order valence-electron chi connectivity index (χ0n) is 8.05. The van der Waals surface area contributed by atoms with Crippen molar-refractivity contribution in [2.75, 3.05) is 6.61 Å². The van der Waals surface area contributed by atoms with Gasteiger partial charge in [0.15, 0.2) is 0 Å². The molecule has 1 atom stereocenters. The zero-order chi connectivity index (χ0) is 10.3. The highest BCUT2D eigenvalue weighted by molar-refractivity contribution is 5.82. The maximum absolute atomic E-state index is 13.0. The Hall–Kier alpha value is -1.06. The van der Waals surface area contributed by atoms with Crippen molar-refractivity contribution >= 4 is 5.97 Å². The van der Waals surface area contributed by atoms with Gasteiger partial charge in [0, 0.05) is 6.08 Å². The molecule has 0 aromatic rings. The summed E-state index contributed by atoms with van der Waals surface area (Å²) in [5, 5.41) is 0. The summed E-state index contributed by atoms with van der Waals surface area (Å²) in [7, 11) is 0. The molecule has 0 rings (SSSR count). The third kappa shape index (κ3) is 5.22.